The largest absolute Gasteiger partial charge is 0.127 e. The molecule has 0 aliphatic heterocycles. The van der Waals surface area contributed by atoms with E-state index in [-0.39, 0.29) is 0 Å². The van der Waals surface area contributed by atoms with Gasteiger partial charge in [-0.25, -0.2) is 0 Å². The van der Waals surface area contributed by atoms with Crippen LogP contribution in [0.1, 0.15) is 19.8 Å². The number of rotatable bonds is 4. The van der Waals surface area contributed by atoms with Gasteiger partial charge in [0.25, 0.3) is 0 Å². The van der Waals surface area contributed by atoms with Crippen molar-refractivity contribution in [3.63, 3.8) is 0 Å². The van der Waals surface area contributed by atoms with Gasteiger partial charge in [-0.1, -0.05) is 24.3 Å². The summed E-state index contributed by atoms with van der Waals surface area (Å²) in [5, 5.41) is 0. The SMILES string of the molecule is C=C/C=C(/C)CCCCl. The minimum Gasteiger partial charge on any atom is -0.127 e. The summed E-state index contributed by atoms with van der Waals surface area (Å²) in [5.41, 5.74) is 1.35. The summed E-state index contributed by atoms with van der Waals surface area (Å²) in [6.45, 7) is 5.69. The van der Waals surface area contributed by atoms with E-state index in [9.17, 15) is 0 Å². The third-order valence-corrected chi connectivity index (χ3v) is 1.37. The van der Waals surface area contributed by atoms with Crippen LogP contribution in [0.15, 0.2) is 24.3 Å². The van der Waals surface area contributed by atoms with Crippen LogP contribution < -0.4 is 0 Å². The predicted octanol–water partition coefficient (Wildman–Crippen LogP) is 3.14. The fourth-order valence-electron chi connectivity index (χ4n) is 0.630. The van der Waals surface area contributed by atoms with Gasteiger partial charge in [0.05, 0.1) is 0 Å². The van der Waals surface area contributed by atoms with Crippen LogP contribution in [0.4, 0.5) is 0 Å². The van der Waals surface area contributed by atoms with Gasteiger partial charge in [0.15, 0.2) is 0 Å². The molecular weight excluding hydrogens is 132 g/mol. The van der Waals surface area contributed by atoms with Crippen molar-refractivity contribution in [1.29, 1.82) is 0 Å². The van der Waals surface area contributed by atoms with Crippen LogP contribution >= 0.6 is 11.6 Å². The fraction of sp³-hybridized carbons (Fsp3) is 0.500. The van der Waals surface area contributed by atoms with Crippen LogP contribution in [-0.2, 0) is 0 Å². The average Bonchev–Trinajstić information content (AvgIpc) is 1.85. The second-order valence-corrected chi connectivity index (χ2v) is 2.42. The van der Waals surface area contributed by atoms with E-state index in [4.69, 9.17) is 11.6 Å². The summed E-state index contributed by atoms with van der Waals surface area (Å²) in [6.07, 6.45) is 5.99. The lowest BCUT2D eigenvalue weighted by Gasteiger charge is -1.94. The van der Waals surface area contributed by atoms with Crippen LogP contribution in [0, 0.1) is 0 Å². The molecule has 0 N–H and O–H groups in total. The molecule has 0 aromatic heterocycles. The van der Waals surface area contributed by atoms with Gasteiger partial charge in [0.1, 0.15) is 0 Å². The molecule has 9 heavy (non-hydrogen) atoms. The van der Waals surface area contributed by atoms with Gasteiger partial charge >= 0.3 is 0 Å². The fourth-order valence-corrected chi connectivity index (χ4v) is 0.764. The number of hydrogen-bond acceptors (Lipinski definition) is 0. The molecular formula is C8H13Cl. The highest BCUT2D eigenvalue weighted by molar-refractivity contribution is 6.17. The van der Waals surface area contributed by atoms with Crippen molar-refractivity contribution in [3.8, 4) is 0 Å². The van der Waals surface area contributed by atoms with Crippen molar-refractivity contribution in [2.45, 2.75) is 19.8 Å². The maximum Gasteiger partial charge on any atom is 0.0226 e. The first-order valence-electron chi connectivity index (χ1n) is 3.15. The molecule has 0 heterocycles. The summed E-state index contributed by atoms with van der Waals surface area (Å²) in [7, 11) is 0. The van der Waals surface area contributed by atoms with Gasteiger partial charge in [0, 0.05) is 5.88 Å². The zero-order valence-corrected chi connectivity index (χ0v) is 6.62. The van der Waals surface area contributed by atoms with Crippen LogP contribution in [0.5, 0.6) is 0 Å². The van der Waals surface area contributed by atoms with Crippen LogP contribution in [0.3, 0.4) is 0 Å². The van der Waals surface area contributed by atoms with Gasteiger partial charge in [-0.2, -0.15) is 0 Å². The van der Waals surface area contributed by atoms with Crippen LogP contribution in [-0.4, -0.2) is 5.88 Å². The van der Waals surface area contributed by atoms with Gasteiger partial charge in [-0.3, -0.25) is 0 Å². The van der Waals surface area contributed by atoms with Crippen molar-refractivity contribution in [1.82, 2.24) is 0 Å². The normalized spacial score (nSPS) is 11.6. The van der Waals surface area contributed by atoms with E-state index in [1.165, 1.54) is 5.57 Å². The molecule has 0 nitrogen and oxygen atoms in total. The maximum atomic E-state index is 5.49. The van der Waals surface area contributed by atoms with Crippen molar-refractivity contribution in [2.24, 2.45) is 0 Å². The van der Waals surface area contributed by atoms with Gasteiger partial charge in [-0.05, 0) is 19.8 Å². The number of hydrogen-bond donors (Lipinski definition) is 0. The lowest BCUT2D eigenvalue weighted by molar-refractivity contribution is 0.912. The standard InChI is InChI=1S/C8H13Cl/c1-3-5-8(2)6-4-7-9/h3,5H,1,4,6-7H2,2H3/b8-5-. The Morgan fingerprint density at radius 2 is 2.33 bits per heavy atom. The Balaban J connectivity index is 3.36. The van der Waals surface area contributed by atoms with Gasteiger partial charge in [-0.15, -0.1) is 11.6 Å². The number of alkyl halides is 1. The van der Waals surface area contributed by atoms with Gasteiger partial charge < -0.3 is 0 Å². The molecule has 0 aliphatic rings. The highest BCUT2D eigenvalue weighted by atomic mass is 35.5. The van der Waals surface area contributed by atoms with E-state index in [0.717, 1.165) is 18.7 Å². The first-order valence-corrected chi connectivity index (χ1v) is 3.69. The molecule has 0 aromatic rings. The quantitative estimate of drug-likeness (QED) is 0.420. The highest BCUT2D eigenvalue weighted by Crippen LogP contribution is 2.03. The zero-order chi connectivity index (χ0) is 7.11. The Labute approximate surface area is 62.2 Å². The van der Waals surface area contributed by atoms with Crippen molar-refractivity contribution < 1.29 is 0 Å². The zero-order valence-electron chi connectivity index (χ0n) is 5.86. The molecule has 0 radical (unpaired) electrons. The maximum absolute atomic E-state index is 5.49. The minimum absolute atomic E-state index is 0.752. The topological polar surface area (TPSA) is 0 Å². The molecule has 0 aromatic carbocycles. The first kappa shape index (κ1) is 8.77. The molecule has 0 spiro atoms. The first-order chi connectivity index (χ1) is 4.31. The summed E-state index contributed by atoms with van der Waals surface area (Å²) >= 11 is 5.49. The Bertz CT molecular complexity index is 103. The summed E-state index contributed by atoms with van der Waals surface area (Å²) < 4.78 is 0. The Hall–Kier alpha value is -0.230. The Morgan fingerprint density at radius 1 is 1.67 bits per heavy atom. The third-order valence-electron chi connectivity index (χ3n) is 1.11. The summed E-state index contributed by atoms with van der Waals surface area (Å²) in [6, 6.07) is 0. The van der Waals surface area contributed by atoms with Crippen LogP contribution in [0.2, 0.25) is 0 Å². The molecule has 52 valence electrons. The van der Waals surface area contributed by atoms with Crippen molar-refractivity contribution in [3.05, 3.63) is 24.3 Å². The number of allylic oxidation sites excluding steroid dienone is 3. The lowest BCUT2D eigenvalue weighted by Crippen LogP contribution is -1.77. The molecule has 0 saturated carbocycles. The highest BCUT2D eigenvalue weighted by Gasteiger charge is 1.85. The van der Waals surface area contributed by atoms with E-state index in [2.05, 4.69) is 13.5 Å². The van der Waals surface area contributed by atoms with Crippen LogP contribution in [0.25, 0.3) is 0 Å². The molecule has 0 amide bonds. The second-order valence-electron chi connectivity index (χ2n) is 2.04. The predicted molar refractivity (Wildman–Crippen MR) is 43.9 cm³/mol. The molecule has 0 unspecified atom stereocenters. The minimum atomic E-state index is 0.752. The monoisotopic (exact) mass is 144 g/mol. The summed E-state index contributed by atoms with van der Waals surface area (Å²) in [5.74, 6) is 0.752. The summed E-state index contributed by atoms with van der Waals surface area (Å²) in [4.78, 5) is 0. The number of halogens is 1. The van der Waals surface area contributed by atoms with E-state index < -0.39 is 0 Å². The molecule has 0 fully saturated rings. The Morgan fingerprint density at radius 3 is 2.78 bits per heavy atom. The van der Waals surface area contributed by atoms with Crippen molar-refractivity contribution in [2.75, 3.05) is 5.88 Å². The smallest absolute Gasteiger partial charge is 0.0226 e. The molecule has 1 heteroatoms. The molecule has 0 atom stereocenters. The molecule has 0 aliphatic carbocycles. The van der Waals surface area contributed by atoms with E-state index in [1.807, 2.05) is 12.2 Å². The van der Waals surface area contributed by atoms with Crippen molar-refractivity contribution >= 4 is 11.6 Å². The molecule has 0 bridgehead atoms. The Kier molecular flexibility index (Phi) is 5.75. The van der Waals surface area contributed by atoms with E-state index >= 15 is 0 Å². The third kappa shape index (κ3) is 5.64. The average molecular weight is 145 g/mol. The van der Waals surface area contributed by atoms with E-state index in [0.29, 0.717) is 0 Å². The second kappa shape index (κ2) is 5.90. The molecule has 0 saturated heterocycles. The van der Waals surface area contributed by atoms with Gasteiger partial charge in [0.2, 0.25) is 0 Å². The van der Waals surface area contributed by atoms with E-state index in [1.54, 1.807) is 0 Å². The molecule has 0 rings (SSSR count). The lowest BCUT2D eigenvalue weighted by atomic mass is 10.2.